The SMILES string of the molecule is CCc1ccc(C(=O)N2CCN(c3ccc(NC(=O)c4ccc(OC)cc4OC)cc3)CC2)cc1. The number of hydrogen-bond donors (Lipinski definition) is 1. The number of hydrogen-bond acceptors (Lipinski definition) is 5. The van der Waals surface area contributed by atoms with E-state index in [-0.39, 0.29) is 11.8 Å². The predicted octanol–water partition coefficient (Wildman–Crippen LogP) is 4.48. The zero-order valence-electron chi connectivity index (χ0n) is 20.4. The van der Waals surface area contributed by atoms with E-state index in [9.17, 15) is 9.59 Å². The molecule has 1 N–H and O–H groups in total. The number of methoxy groups -OCH3 is 2. The second kappa shape index (κ2) is 11.0. The monoisotopic (exact) mass is 473 g/mol. The quantitative estimate of drug-likeness (QED) is 0.548. The maximum absolute atomic E-state index is 12.8. The Morgan fingerprint density at radius 3 is 2.14 bits per heavy atom. The fraction of sp³-hybridized carbons (Fsp3) is 0.286. The van der Waals surface area contributed by atoms with E-state index in [1.807, 2.05) is 53.4 Å². The number of carbonyl (C=O) groups is 2. The predicted molar refractivity (Wildman–Crippen MR) is 138 cm³/mol. The first kappa shape index (κ1) is 24.1. The lowest BCUT2D eigenvalue weighted by molar-refractivity contribution is 0.0746. The zero-order valence-corrected chi connectivity index (χ0v) is 20.4. The van der Waals surface area contributed by atoms with Crippen molar-refractivity contribution in [3.8, 4) is 11.5 Å². The Balaban J connectivity index is 1.34. The van der Waals surface area contributed by atoms with Gasteiger partial charge in [0.1, 0.15) is 11.5 Å². The van der Waals surface area contributed by atoms with Gasteiger partial charge in [-0.15, -0.1) is 0 Å². The number of benzene rings is 3. The second-order valence-corrected chi connectivity index (χ2v) is 8.40. The van der Waals surface area contributed by atoms with Gasteiger partial charge in [-0.1, -0.05) is 19.1 Å². The standard InChI is InChI=1S/C28H31N3O4/c1-4-20-5-7-21(8-6-20)28(33)31-17-15-30(16-18-31)23-11-9-22(10-12-23)29-27(32)25-14-13-24(34-2)19-26(25)35-3/h5-14,19H,4,15-18H2,1-3H3,(H,29,32). The normalized spacial score (nSPS) is 13.3. The summed E-state index contributed by atoms with van der Waals surface area (Å²) in [6, 6.07) is 20.7. The molecule has 1 heterocycles. The summed E-state index contributed by atoms with van der Waals surface area (Å²) in [5.74, 6) is 0.904. The Bertz CT molecular complexity index is 1170. The highest BCUT2D eigenvalue weighted by Crippen LogP contribution is 2.26. The van der Waals surface area contributed by atoms with Gasteiger partial charge in [0.05, 0.1) is 19.8 Å². The Morgan fingerprint density at radius 1 is 0.857 bits per heavy atom. The average Bonchev–Trinajstić information content (AvgIpc) is 2.92. The molecule has 182 valence electrons. The van der Waals surface area contributed by atoms with Gasteiger partial charge in [-0.05, 0) is 60.5 Å². The van der Waals surface area contributed by atoms with E-state index in [0.29, 0.717) is 35.8 Å². The molecule has 0 saturated carbocycles. The van der Waals surface area contributed by atoms with Gasteiger partial charge < -0.3 is 24.6 Å². The number of amides is 2. The van der Waals surface area contributed by atoms with E-state index in [1.165, 1.54) is 12.7 Å². The number of carbonyl (C=O) groups excluding carboxylic acids is 2. The highest BCUT2D eigenvalue weighted by atomic mass is 16.5. The molecule has 35 heavy (non-hydrogen) atoms. The molecule has 1 aliphatic rings. The fourth-order valence-corrected chi connectivity index (χ4v) is 4.17. The third kappa shape index (κ3) is 5.57. The van der Waals surface area contributed by atoms with E-state index in [4.69, 9.17) is 9.47 Å². The Morgan fingerprint density at radius 2 is 1.54 bits per heavy atom. The average molecular weight is 474 g/mol. The van der Waals surface area contributed by atoms with Crippen LogP contribution in [-0.4, -0.2) is 57.1 Å². The van der Waals surface area contributed by atoms with Crippen molar-refractivity contribution in [2.24, 2.45) is 0 Å². The molecule has 4 rings (SSSR count). The molecule has 0 atom stereocenters. The van der Waals surface area contributed by atoms with Crippen LogP contribution in [0, 0.1) is 0 Å². The molecular formula is C28H31N3O4. The highest BCUT2D eigenvalue weighted by Gasteiger charge is 2.22. The molecule has 0 aromatic heterocycles. The number of rotatable bonds is 7. The molecule has 7 nitrogen and oxygen atoms in total. The van der Waals surface area contributed by atoms with Gasteiger partial charge in [-0.3, -0.25) is 9.59 Å². The zero-order chi connectivity index (χ0) is 24.8. The van der Waals surface area contributed by atoms with Crippen LogP contribution >= 0.6 is 0 Å². The maximum Gasteiger partial charge on any atom is 0.259 e. The molecule has 0 aliphatic carbocycles. The summed E-state index contributed by atoms with van der Waals surface area (Å²) < 4.78 is 10.5. The lowest BCUT2D eigenvalue weighted by Gasteiger charge is -2.36. The molecule has 0 unspecified atom stereocenters. The first-order valence-electron chi connectivity index (χ1n) is 11.8. The van der Waals surface area contributed by atoms with Crippen LogP contribution in [-0.2, 0) is 6.42 Å². The van der Waals surface area contributed by atoms with Crippen LogP contribution in [0.15, 0.2) is 66.7 Å². The van der Waals surface area contributed by atoms with Gasteiger partial charge in [0, 0.05) is 49.2 Å². The number of nitrogens with zero attached hydrogens (tertiary/aromatic N) is 2. The van der Waals surface area contributed by atoms with Gasteiger partial charge in [-0.2, -0.15) is 0 Å². The molecule has 1 saturated heterocycles. The summed E-state index contributed by atoms with van der Waals surface area (Å²) >= 11 is 0. The van der Waals surface area contributed by atoms with Crippen molar-refractivity contribution in [2.75, 3.05) is 50.6 Å². The van der Waals surface area contributed by atoms with Crippen LogP contribution < -0.4 is 19.7 Å². The van der Waals surface area contributed by atoms with Crippen molar-refractivity contribution in [1.29, 1.82) is 0 Å². The number of aryl methyl sites for hydroxylation is 1. The molecular weight excluding hydrogens is 442 g/mol. The Kier molecular flexibility index (Phi) is 7.55. The lowest BCUT2D eigenvalue weighted by atomic mass is 10.1. The van der Waals surface area contributed by atoms with Gasteiger partial charge in [0.25, 0.3) is 11.8 Å². The van der Waals surface area contributed by atoms with Crippen LogP contribution in [0.4, 0.5) is 11.4 Å². The molecule has 0 radical (unpaired) electrons. The summed E-state index contributed by atoms with van der Waals surface area (Å²) in [6.45, 7) is 4.96. The smallest absolute Gasteiger partial charge is 0.259 e. The van der Waals surface area contributed by atoms with Crippen molar-refractivity contribution in [3.05, 3.63) is 83.4 Å². The van der Waals surface area contributed by atoms with E-state index in [1.54, 1.807) is 25.3 Å². The molecule has 0 bridgehead atoms. The summed E-state index contributed by atoms with van der Waals surface area (Å²) in [5, 5.41) is 2.92. The van der Waals surface area contributed by atoms with Crippen LogP contribution in [0.1, 0.15) is 33.2 Å². The molecule has 1 aliphatic heterocycles. The largest absolute Gasteiger partial charge is 0.497 e. The minimum absolute atomic E-state index is 0.0827. The first-order chi connectivity index (χ1) is 17.0. The van der Waals surface area contributed by atoms with Gasteiger partial charge in [0.2, 0.25) is 0 Å². The molecule has 7 heteroatoms. The van der Waals surface area contributed by atoms with Gasteiger partial charge in [-0.25, -0.2) is 0 Å². The molecule has 0 spiro atoms. The Labute approximate surface area is 206 Å². The van der Waals surface area contributed by atoms with Crippen LogP contribution in [0.3, 0.4) is 0 Å². The van der Waals surface area contributed by atoms with Gasteiger partial charge in [0.15, 0.2) is 0 Å². The number of anilines is 2. The summed E-state index contributed by atoms with van der Waals surface area (Å²) in [5.41, 5.74) is 4.16. The van der Waals surface area contributed by atoms with Crippen LogP contribution in [0.25, 0.3) is 0 Å². The van der Waals surface area contributed by atoms with E-state index < -0.39 is 0 Å². The minimum Gasteiger partial charge on any atom is -0.497 e. The van der Waals surface area contributed by atoms with Crippen molar-refractivity contribution in [1.82, 2.24) is 4.90 Å². The topological polar surface area (TPSA) is 71.1 Å². The van der Waals surface area contributed by atoms with Gasteiger partial charge >= 0.3 is 0 Å². The minimum atomic E-state index is -0.253. The van der Waals surface area contributed by atoms with Crippen molar-refractivity contribution < 1.29 is 19.1 Å². The number of piperazine rings is 1. The summed E-state index contributed by atoms with van der Waals surface area (Å²) in [7, 11) is 3.09. The number of nitrogens with one attached hydrogen (secondary N) is 1. The fourth-order valence-electron chi connectivity index (χ4n) is 4.17. The first-order valence-corrected chi connectivity index (χ1v) is 11.8. The molecule has 3 aromatic carbocycles. The molecule has 2 amide bonds. The van der Waals surface area contributed by atoms with E-state index >= 15 is 0 Å². The van der Waals surface area contributed by atoms with Crippen LogP contribution in [0.5, 0.6) is 11.5 Å². The summed E-state index contributed by atoms with van der Waals surface area (Å²) in [4.78, 5) is 29.8. The van der Waals surface area contributed by atoms with E-state index in [2.05, 4.69) is 17.1 Å². The van der Waals surface area contributed by atoms with Crippen molar-refractivity contribution in [3.63, 3.8) is 0 Å². The third-order valence-corrected chi connectivity index (χ3v) is 6.32. The van der Waals surface area contributed by atoms with Crippen LogP contribution in [0.2, 0.25) is 0 Å². The highest BCUT2D eigenvalue weighted by molar-refractivity contribution is 6.06. The number of ether oxygens (including phenoxy) is 2. The molecule has 3 aromatic rings. The van der Waals surface area contributed by atoms with Crippen molar-refractivity contribution in [2.45, 2.75) is 13.3 Å². The Hall–Kier alpha value is -4.00. The lowest BCUT2D eigenvalue weighted by Crippen LogP contribution is -2.48. The molecule has 1 fully saturated rings. The third-order valence-electron chi connectivity index (χ3n) is 6.32. The van der Waals surface area contributed by atoms with Crippen molar-refractivity contribution >= 4 is 23.2 Å². The van der Waals surface area contributed by atoms with E-state index in [0.717, 1.165) is 30.8 Å². The summed E-state index contributed by atoms with van der Waals surface area (Å²) in [6.07, 6.45) is 0.964. The maximum atomic E-state index is 12.8. The second-order valence-electron chi connectivity index (χ2n) is 8.40.